The molecule has 286 valence electrons. The van der Waals surface area contributed by atoms with Gasteiger partial charge in [0.2, 0.25) is 23.6 Å². The minimum Gasteiger partial charge on any atom is -0.491 e. The summed E-state index contributed by atoms with van der Waals surface area (Å²) in [5.74, 6) is -5.63. The molecule has 2 aliphatic heterocycles. The Morgan fingerprint density at radius 3 is 2.18 bits per heavy atom. The third-order valence-electron chi connectivity index (χ3n) is 11.8. The molecule has 0 spiro atoms. The first-order valence-electron chi connectivity index (χ1n) is 18.5. The normalized spacial score (nSPS) is 25.7. The Labute approximate surface area is 328 Å². The molecule has 1 saturated carbocycles. The van der Waals surface area contributed by atoms with Crippen molar-refractivity contribution in [3.63, 3.8) is 0 Å². The van der Waals surface area contributed by atoms with Gasteiger partial charge in [-0.3, -0.25) is 24.1 Å². The van der Waals surface area contributed by atoms with E-state index in [0.717, 1.165) is 22.2 Å². The smallest absolute Gasteiger partial charge is 0.241 e. The largest absolute Gasteiger partial charge is 0.491 e. The molecule has 3 fully saturated rings. The predicted molar refractivity (Wildman–Crippen MR) is 209 cm³/mol. The second kappa shape index (κ2) is 14.4. The molecule has 0 bridgehead atoms. The molecule has 4 aliphatic rings. The molecule has 0 unspecified atom stereocenters. The highest BCUT2D eigenvalue weighted by molar-refractivity contribution is 6.32. The number of allylic oxidation sites excluding steroid dienone is 2. The number of fused-ring (bicyclic) bond motifs is 4. The van der Waals surface area contributed by atoms with Crippen LogP contribution in [0.5, 0.6) is 5.75 Å². The molecule has 2 aliphatic carbocycles. The Hall–Kier alpha value is -5.72. The zero-order chi connectivity index (χ0) is 39.5. The summed E-state index contributed by atoms with van der Waals surface area (Å²) in [5.41, 5.74) is 2.84. The van der Waals surface area contributed by atoms with Gasteiger partial charge in [-0.25, -0.2) is 9.29 Å². The maximum atomic E-state index is 14.7. The Morgan fingerprint density at radius 2 is 1.52 bits per heavy atom. The predicted octanol–water partition coefficient (Wildman–Crippen LogP) is 7.77. The fourth-order valence-electron chi connectivity index (χ4n) is 9.09. The lowest BCUT2D eigenvalue weighted by atomic mass is 9.51. The third-order valence-corrected chi connectivity index (χ3v) is 12.1. The summed E-state index contributed by atoms with van der Waals surface area (Å²) in [7, 11) is 3.91. The van der Waals surface area contributed by atoms with Crippen LogP contribution in [0.4, 0.5) is 32.8 Å². The lowest BCUT2D eigenvalue weighted by Gasteiger charge is -2.49. The van der Waals surface area contributed by atoms with Crippen LogP contribution in [0.15, 0.2) is 113 Å². The Balaban J connectivity index is 1.14. The van der Waals surface area contributed by atoms with Gasteiger partial charge in [-0.1, -0.05) is 41.4 Å². The SMILES string of the molecule is CN(C)c1ccc(N=Nc2ccc(N3C(=O)[C@H]4[C@H](CC=C5[C@H]4C[C@H]4C(=O)N(c6ccc(F)c(Cl)c6)C(=O)[C@@]4(C)[C@H]5c4ccccc4OCCO)C3=O)cc2)cc1. The molecule has 2 saturated heterocycles. The molecule has 2 heterocycles. The van der Waals surface area contributed by atoms with Crippen LogP contribution in [0.1, 0.15) is 31.2 Å². The van der Waals surface area contributed by atoms with E-state index in [4.69, 9.17) is 16.3 Å². The number of azo groups is 1. The van der Waals surface area contributed by atoms with Crippen molar-refractivity contribution in [1.82, 2.24) is 0 Å². The number of imide groups is 2. The highest BCUT2D eigenvalue weighted by Gasteiger charge is 2.68. The van der Waals surface area contributed by atoms with Crippen LogP contribution >= 0.6 is 11.6 Å². The average molecular weight is 776 g/mol. The number of aliphatic hydroxyl groups is 1. The Bertz CT molecular complexity index is 2310. The van der Waals surface area contributed by atoms with Gasteiger partial charge < -0.3 is 14.7 Å². The minimum absolute atomic E-state index is 0.00386. The van der Waals surface area contributed by atoms with Gasteiger partial charge in [0.05, 0.1) is 57.5 Å². The fourth-order valence-corrected chi connectivity index (χ4v) is 9.27. The standard InChI is InChI=1S/C43H39ClFN5O6/c1-43-33(40(53)50(42(43)55)28-16-19-35(45)34(44)22-28)23-32-29(38(43)30-6-4-5-7-36(30)56-21-20-51)17-18-31-37(32)41(54)49(39(31)52)27-14-10-25(11-15-27)47-46-24-8-12-26(13-9-24)48(2)3/h4-17,19,22,31-33,37-38,51H,18,20-21,23H2,1-3H3/t31-,32+,33-,37-,38+,43+/m0/s1. The number of carbonyl (C=O) groups excluding carboxylic acids is 4. The number of para-hydroxylation sites is 1. The number of hydrogen-bond acceptors (Lipinski definition) is 9. The summed E-state index contributed by atoms with van der Waals surface area (Å²) >= 11 is 6.13. The van der Waals surface area contributed by atoms with E-state index in [0.29, 0.717) is 28.4 Å². The first kappa shape index (κ1) is 37.2. The number of halogens is 2. The van der Waals surface area contributed by atoms with E-state index in [2.05, 4.69) is 10.2 Å². The first-order chi connectivity index (χ1) is 26.9. The van der Waals surface area contributed by atoms with Crippen LogP contribution in [0.3, 0.4) is 0 Å². The van der Waals surface area contributed by atoms with Gasteiger partial charge in [0.25, 0.3) is 0 Å². The molecule has 56 heavy (non-hydrogen) atoms. The molecular formula is C43H39ClFN5O6. The third kappa shape index (κ3) is 5.99. The summed E-state index contributed by atoms with van der Waals surface area (Å²) in [6.07, 6.45) is 2.35. The summed E-state index contributed by atoms with van der Waals surface area (Å²) in [6.45, 7) is 1.51. The Morgan fingerprint density at radius 1 is 0.857 bits per heavy atom. The van der Waals surface area contributed by atoms with E-state index in [1.807, 2.05) is 61.5 Å². The van der Waals surface area contributed by atoms with E-state index >= 15 is 0 Å². The van der Waals surface area contributed by atoms with Crippen molar-refractivity contribution >= 4 is 63.7 Å². The minimum atomic E-state index is -1.35. The van der Waals surface area contributed by atoms with E-state index in [9.17, 15) is 28.7 Å². The molecule has 11 nitrogen and oxygen atoms in total. The van der Waals surface area contributed by atoms with Crippen molar-refractivity contribution in [2.45, 2.75) is 25.7 Å². The van der Waals surface area contributed by atoms with Gasteiger partial charge in [0, 0.05) is 31.3 Å². The lowest BCUT2D eigenvalue weighted by molar-refractivity contribution is -0.131. The number of nitrogens with zero attached hydrogens (tertiary/aromatic N) is 5. The van der Waals surface area contributed by atoms with Crippen LogP contribution in [0, 0.1) is 34.9 Å². The van der Waals surface area contributed by atoms with Gasteiger partial charge in [0.15, 0.2) is 0 Å². The monoisotopic (exact) mass is 775 g/mol. The molecule has 6 atom stereocenters. The number of anilines is 3. The van der Waals surface area contributed by atoms with Gasteiger partial charge in [0.1, 0.15) is 18.2 Å². The van der Waals surface area contributed by atoms with Crippen LogP contribution in [0.25, 0.3) is 0 Å². The molecule has 1 N–H and O–H groups in total. The molecule has 0 radical (unpaired) electrons. The molecule has 4 aromatic carbocycles. The van der Waals surface area contributed by atoms with Gasteiger partial charge in [-0.2, -0.15) is 10.2 Å². The quantitative estimate of drug-likeness (QED) is 0.104. The molecule has 4 amide bonds. The van der Waals surface area contributed by atoms with Crippen LogP contribution in [-0.2, 0) is 19.2 Å². The van der Waals surface area contributed by atoms with E-state index in [-0.39, 0.29) is 48.6 Å². The van der Waals surface area contributed by atoms with Crippen LogP contribution in [-0.4, -0.2) is 56.0 Å². The van der Waals surface area contributed by atoms with Crippen LogP contribution < -0.4 is 19.4 Å². The van der Waals surface area contributed by atoms with E-state index in [1.54, 1.807) is 43.3 Å². The van der Waals surface area contributed by atoms with Crippen molar-refractivity contribution in [3.05, 3.63) is 119 Å². The second-order valence-electron chi connectivity index (χ2n) is 15.0. The van der Waals surface area contributed by atoms with Crippen molar-refractivity contribution in [3.8, 4) is 5.75 Å². The zero-order valence-electron chi connectivity index (χ0n) is 30.9. The number of benzene rings is 4. The average Bonchev–Trinajstić information content (AvgIpc) is 3.57. The van der Waals surface area contributed by atoms with E-state index < -0.39 is 52.6 Å². The van der Waals surface area contributed by atoms with Crippen molar-refractivity contribution in [1.29, 1.82) is 0 Å². The number of aliphatic hydroxyl groups excluding tert-OH is 1. The van der Waals surface area contributed by atoms with Gasteiger partial charge in [-0.15, -0.1) is 0 Å². The van der Waals surface area contributed by atoms with Gasteiger partial charge >= 0.3 is 0 Å². The number of hydrogen-bond donors (Lipinski definition) is 1. The zero-order valence-corrected chi connectivity index (χ0v) is 31.7. The molecule has 8 rings (SSSR count). The van der Waals surface area contributed by atoms with Crippen molar-refractivity contribution in [2.75, 3.05) is 42.0 Å². The number of carbonyl (C=O) groups is 4. The first-order valence-corrected chi connectivity index (χ1v) is 18.8. The number of ether oxygens (including phenoxy) is 1. The second-order valence-corrected chi connectivity index (χ2v) is 15.4. The molecule has 13 heteroatoms. The van der Waals surface area contributed by atoms with Gasteiger partial charge in [-0.05, 0) is 98.5 Å². The Kier molecular flexibility index (Phi) is 9.58. The molecular weight excluding hydrogens is 737 g/mol. The fraction of sp³-hybridized carbons (Fsp3) is 0.302. The molecule has 4 aromatic rings. The summed E-state index contributed by atoms with van der Waals surface area (Å²) in [5, 5.41) is 18.0. The number of rotatable bonds is 9. The highest BCUT2D eigenvalue weighted by atomic mass is 35.5. The summed E-state index contributed by atoms with van der Waals surface area (Å²) < 4.78 is 20.2. The summed E-state index contributed by atoms with van der Waals surface area (Å²) in [4.78, 5) is 62.2. The maximum absolute atomic E-state index is 14.7. The highest BCUT2D eigenvalue weighted by Crippen LogP contribution is 2.64. The van der Waals surface area contributed by atoms with E-state index in [1.165, 1.54) is 17.0 Å². The van der Waals surface area contributed by atoms with Crippen molar-refractivity contribution in [2.24, 2.45) is 39.3 Å². The topological polar surface area (TPSA) is 132 Å². The lowest BCUT2D eigenvalue weighted by Crippen LogP contribution is -2.49. The van der Waals surface area contributed by atoms with Crippen molar-refractivity contribution < 1.29 is 33.4 Å². The van der Waals surface area contributed by atoms with Crippen LogP contribution in [0.2, 0.25) is 5.02 Å². The number of amides is 4. The molecule has 0 aromatic heterocycles. The maximum Gasteiger partial charge on any atom is 0.241 e. The summed E-state index contributed by atoms with van der Waals surface area (Å²) in [6, 6.07) is 25.2.